The number of hydrogen-bond acceptors (Lipinski definition) is 16. The molecule has 7 rings (SSSR count). The summed E-state index contributed by atoms with van der Waals surface area (Å²) >= 11 is 0. The van der Waals surface area contributed by atoms with E-state index in [1.54, 1.807) is 30.3 Å². The maximum Gasteiger partial charge on any atom is 0.339 e. The number of esters is 1. The Hall–Kier alpha value is -3.97. The molecule has 16 heteroatoms. The average molecular weight is 675 g/mol. The van der Waals surface area contributed by atoms with Gasteiger partial charge in [-0.25, -0.2) is 4.79 Å². The van der Waals surface area contributed by atoms with E-state index in [-0.39, 0.29) is 31.3 Å². The molecule has 0 aliphatic carbocycles. The van der Waals surface area contributed by atoms with Crippen molar-refractivity contribution in [3.8, 4) is 39.9 Å². The lowest BCUT2D eigenvalue weighted by molar-refractivity contribution is -0.307. The van der Waals surface area contributed by atoms with Crippen LogP contribution in [0.2, 0.25) is 0 Å². The number of methoxy groups -OCH3 is 2. The molecule has 3 aromatic rings. The molecule has 16 nitrogen and oxygen atoms in total. The summed E-state index contributed by atoms with van der Waals surface area (Å²) in [6.45, 7) is -0.951. The molecule has 6 N–H and O–H groups in total. The predicted octanol–water partition coefficient (Wildman–Crippen LogP) is -0.435. The van der Waals surface area contributed by atoms with Crippen LogP contribution in [0, 0.1) is 0 Å². The van der Waals surface area contributed by atoms with Crippen LogP contribution in [-0.2, 0) is 25.6 Å². The molecule has 0 bridgehead atoms. The Balaban J connectivity index is 1.28. The standard InChI is InChI=1S/C32H34O16/c1-40-18-6-13-14(7-19(18)41-2)29(15-8-42-30(39)23(15)22(13)12-3-4-17-20(5-12)46-11-45-17)48-32-28(38)26(36)25(35)21(47-32)10-44-31-27(37)24(34)16(33)9-43-31/h3-7,16,21,24-28,31-38H,8-11H2,1-2H3/t16-,21-,24-,25-,26-,27+,28-,31-,32+/m0/s1. The third-order valence-electron chi connectivity index (χ3n) is 8.86. The summed E-state index contributed by atoms with van der Waals surface area (Å²) in [7, 11) is 2.91. The summed E-state index contributed by atoms with van der Waals surface area (Å²) < 4.78 is 50.6. The molecule has 4 aliphatic heterocycles. The Kier molecular flexibility index (Phi) is 8.69. The van der Waals surface area contributed by atoms with Crippen molar-refractivity contribution in [1.29, 1.82) is 0 Å². The summed E-state index contributed by atoms with van der Waals surface area (Å²) in [6.07, 6.45) is -14.0. The smallest absolute Gasteiger partial charge is 0.339 e. The highest BCUT2D eigenvalue weighted by Crippen LogP contribution is 2.49. The number of aliphatic hydroxyl groups excluding tert-OH is 6. The predicted molar refractivity (Wildman–Crippen MR) is 159 cm³/mol. The van der Waals surface area contributed by atoms with Crippen LogP contribution < -0.4 is 23.7 Å². The number of aliphatic hydroxyl groups is 6. The van der Waals surface area contributed by atoms with E-state index in [2.05, 4.69) is 0 Å². The summed E-state index contributed by atoms with van der Waals surface area (Å²) in [5, 5.41) is 63.3. The van der Waals surface area contributed by atoms with Crippen molar-refractivity contribution in [2.45, 2.75) is 61.9 Å². The van der Waals surface area contributed by atoms with Crippen LogP contribution >= 0.6 is 0 Å². The molecule has 4 heterocycles. The van der Waals surface area contributed by atoms with Gasteiger partial charge in [-0.05, 0) is 35.2 Å². The zero-order valence-corrected chi connectivity index (χ0v) is 25.7. The van der Waals surface area contributed by atoms with Crippen LogP contribution in [-0.4, -0.2) is 126 Å². The van der Waals surface area contributed by atoms with Crippen molar-refractivity contribution in [3.05, 3.63) is 41.5 Å². The monoisotopic (exact) mass is 674 g/mol. The lowest BCUT2D eigenvalue weighted by Gasteiger charge is -2.41. The van der Waals surface area contributed by atoms with Gasteiger partial charge in [0.15, 0.2) is 29.3 Å². The van der Waals surface area contributed by atoms with Gasteiger partial charge in [0.05, 0.1) is 33.0 Å². The summed E-state index contributed by atoms with van der Waals surface area (Å²) in [5.41, 5.74) is 1.59. The van der Waals surface area contributed by atoms with Gasteiger partial charge in [-0.2, -0.15) is 0 Å². The first-order valence-corrected chi connectivity index (χ1v) is 15.1. The average Bonchev–Trinajstić information content (AvgIpc) is 3.73. The van der Waals surface area contributed by atoms with Crippen LogP contribution in [0.5, 0.6) is 28.7 Å². The molecule has 9 atom stereocenters. The van der Waals surface area contributed by atoms with Gasteiger partial charge in [0.1, 0.15) is 55.1 Å². The van der Waals surface area contributed by atoms with E-state index in [1.807, 2.05) is 0 Å². The number of fused-ring (bicyclic) bond motifs is 3. The van der Waals surface area contributed by atoms with Crippen LogP contribution in [0.4, 0.5) is 0 Å². The Morgan fingerprint density at radius 3 is 2.23 bits per heavy atom. The van der Waals surface area contributed by atoms with Crippen molar-refractivity contribution in [1.82, 2.24) is 0 Å². The van der Waals surface area contributed by atoms with Gasteiger partial charge in [0.25, 0.3) is 0 Å². The molecule has 0 radical (unpaired) electrons. The lowest BCUT2D eigenvalue weighted by atomic mass is 9.89. The number of hydrogen-bond donors (Lipinski definition) is 6. The fraction of sp³-hybridized carbons (Fsp3) is 0.469. The van der Waals surface area contributed by atoms with Crippen LogP contribution in [0.15, 0.2) is 30.3 Å². The SMILES string of the molecule is COc1cc2c(O[C@H]3O[C@@H](CO[C@@H]4OC[C@H](O)[C@H](O)[C@H]4O)[C@H](O)[C@H](O)[C@@H]3O)c3c(c(-c4ccc5c(c4)OCO5)c2cc1OC)C(=O)OC3. The molecular formula is C32H34O16. The second kappa shape index (κ2) is 12.8. The van der Waals surface area contributed by atoms with E-state index in [1.165, 1.54) is 14.2 Å². The minimum atomic E-state index is -1.78. The number of benzene rings is 3. The van der Waals surface area contributed by atoms with E-state index in [9.17, 15) is 35.4 Å². The molecule has 0 aromatic heterocycles. The van der Waals surface area contributed by atoms with Crippen molar-refractivity contribution < 1.29 is 78.1 Å². The zero-order valence-electron chi connectivity index (χ0n) is 25.7. The van der Waals surface area contributed by atoms with Gasteiger partial charge in [0.2, 0.25) is 13.1 Å². The van der Waals surface area contributed by atoms with Crippen LogP contribution in [0.1, 0.15) is 15.9 Å². The van der Waals surface area contributed by atoms with Gasteiger partial charge >= 0.3 is 5.97 Å². The van der Waals surface area contributed by atoms with Crippen molar-refractivity contribution in [3.63, 3.8) is 0 Å². The molecule has 258 valence electrons. The van der Waals surface area contributed by atoms with Crippen molar-refractivity contribution >= 4 is 16.7 Å². The molecule has 2 fully saturated rings. The Bertz CT molecular complexity index is 1710. The first-order chi connectivity index (χ1) is 23.1. The van der Waals surface area contributed by atoms with Crippen molar-refractivity contribution in [2.24, 2.45) is 0 Å². The highest BCUT2D eigenvalue weighted by atomic mass is 16.7. The van der Waals surface area contributed by atoms with Gasteiger partial charge in [0, 0.05) is 16.5 Å². The summed E-state index contributed by atoms with van der Waals surface area (Å²) in [4.78, 5) is 13.4. The second-order valence-electron chi connectivity index (χ2n) is 11.7. The molecule has 0 unspecified atom stereocenters. The van der Waals surface area contributed by atoms with E-state index >= 15 is 0 Å². The summed E-state index contributed by atoms with van der Waals surface area (Å²) in [6, 6.07) is 8.53. The molecule has 4 aliphatic rings. The topological polar surface area (TPSA) is 222 Å². The largest absolute Gasteiger partial charge is 0.493 e. The maximum atomic E-state index is 13.4. The molecule has 2 saturated heterocycles. The van der Waals surface area contributed by atoms with Gasteiger partial charge in [-0.3, -0.25) is 0 Å². The Morgan fingerprint density at radius 1 is 0.771 bits per heavy atom. The Morgan fingerprint density at radius 2 is 1.48 bits per heavy atom. The van der Waals surface area contributed by atoms with Gasteiger partial charge in [-0.15, -0.1) is 0 Å². The zero-order chi connectivity index (χ0) is 33.9. The molecule has 3 aromatic carbocycles. The van der Waals surface area contributed by atoms with Crippen LogP contribution in [0.3, 0.4) is 0 Å². The van der Waals surface area contributed by atoms with Gasteiger partial charge < -0.3 is 73.3 Å². The van der Waals surface area contributed by atoms with E-state index in [0.29, 0.717) is 50.5 Å². The molecule has 0 saturated carbocycles. The minimum Gasteiger partial charge on any atom is -0.493 e. The number of carbonyl (C=O) groups is 1. The Labute approximate surface area is 272 Å². The van der Waals surface area contributed by atoms with E-state index in [4.69, 9.17) is 42.6 Å². The fourth-order valence-electron chi connectivity index (χ4n) is 6.28. The maximum absolute atomic E-state index is 13.4. The van der Waals surface area contributed by atoms with Gasteiger partial charge in [-0.1, -0.05) is 6.07 Å². The fourth-order valence-corrected chi connectivity index (χ4v) is 6.28. The molecule has 48 heavy (non-hydrogen) atoms. The highest BCUT2D eigenvalue weighted by molar-refractivity contribution is 6.14. The molecular weight excluding hydrogens is 640 g/mol. The number of rotatable bonds is 8. The number of ether oxygens (including phenoxy) is 9. The summed E-state index contributed by atoms with van der Waals surface area (Å²) in [5.74, 6) is 1.14. The third-order valence-corrected chi connectivity index (χ3v) is 8.86. The lowest BCUT2D eigenvalue weighted by Crippen LogP contribution is -2.61. The normalized spacial score (nSPS) is 31.0. The second-order valence-corrected chi connectivity index (χ2v) is 11.7. The minimum absolute atomic E-state index is 0.0487. The molecule has 0 spiro atoms. The van der Waals surface area contributed by atoms with Crippen molar-refractivity contribution in [2.75, 3.05) is 34.2 Å². The number of cyclic esters (lactones) is 1. The third kappa shape index (κ3) is 5.44. The van der Waals surface area contributed by atoms with Crippen LogP contribution in [0.25, 0.3) is 21.9 Å². The first kappa shape index (κ1) is 32.6. The number of carbonyl (C=O) groups excluding carboxylic acids is 1. The molecule has 0 amide bonds. The van der Waals surface area contributed by atoms with E-state index in [0.717, 1.165) is 0 Å². The highest BCUT2D eigenvalue weighted by Gasteiger charge is 2.47. The van der Waals surface area contributed by atoms with E-state index < -0.39 is 67.9 Å². The quantitative estimate of drug-likeness (QED) is 0.167. The first-order valence-electron chi connectivity index (χ1n) is 15.1.